The van der Waals surface area contributed by atoms with Crippen LogP contribution >= 0.6 is 0 Å². The molecule has 0 saturated heterocycles. The van der Waals surface area contributed by atoms with E-state index in [0.717, 1.165) is 51.4 Å². The van der Waals surface area contributed by atoms with E-state index in [0.29, 0.717) is 25.9 Å². The second-order valence-corrected chi connectivity index (χ2v) is 26.7. The summed E-state index contributed by atoms with van der Waals surface area (Å²) >= 11 is 0. The number of ether oxygens (including phenoxy) is 1. The highest BCUT2D eigenvalue weighted by molar-refractivity contribution is 5.76. The minimum atomic E-state index is -0.664. The van der Waals surface area contributed by atoms with E-state index in [-0.39, 0.29) is 18.5 Å². The number of aliphatic hydroxyl groups is 2. The van der Waals surface area contributed by atoms with Gasteiger partial charge in [-0.2, -0.15) is 0 Å². The van der Waals surface area contributed by atoms with Crippen molar-refractivity contribution in [3.05, 3.63) is 36.5 Å². The smallest absolute Gasteiger partial charge is 0.305 e. The molecule has 3 N–H and O–H groups in total. The van der Waals surface area contributed by atoms with Crippen LogP contribution in [0.15, 0.2) is 36.5 Å². The number of carbonyl (C=O) groups excluding carboxylic acids is 2. The fraction of sp³-hybridized carbons (Fsp3) is 0.899. The third kappa shape index (κ3) is 71.0. The lowest BCUT2D eigenvalue weighted by atomic mass is 10.0. The summed E-state index contributed by atoms with van der Waals surface area (Å²) in [7, 11) is 0. The summed E-state index contributed by atoms with van der Waals surface area (Å²) in [6, 6.07) is -0.541. The fourth-order valence-electron chi connectivity index (χ4n) is 12.3. The van der Waals surface area contributed by atoms with Gasteiger partial charge in [-0.3, -0.25) is 9.59 Å². The number of carbonyl (C=O) groups is 2. The third-order valence-electron chi connectivity index (χ3n) is 18.2. The monoisotopic (exact) mass is 1190 g/mol. The summed E-state index contributed by atoms with van der Waals surface area (Å²) in [5, 5.41) is 23.5. The van der Waals surface area contributed by atoms with Crippen molar-refractivity contribution in [1.29, 1.82) is 0 Å². The first-order valence-electron chi connectivity index (χ1n) is 38.7. The molecule has 0 bridgehead atoms. The number of hydrogen-bond donors (Lipinski definition) is 3. The quantitative estimate of drug-likeness (QED) is 0.0320. The van der Waals surface area contributed by atoms with Gasteiger partial charge in [-0.15, -0.1) is 0 Å². The standard InChI is InChI=1S/C79H151NO5/c1-3-5-7-9-11-13-15-17-18-19-20-21-35-38-41-44-48-51-55-59-63-67-71-77(82)76(75-81)80-78(83)72-68-64-60-56-52-49-45-42-39-36-33-31-29-27-25-23-22-24-26-28-30-32-34-37-40-43-46-50-54-58-62-66-70-74-85-79(84)73-69-65-61-57-53-47-16-14-12-10-8-6-4-2/h14,16,26,28,32,34,76-77,81-82H,3-13,15,17-25,27,29-31,33,35-75H2,1-2H3,(H,80,83)/b16-14-,28-26-,34-32-. The minimum absolute atomic E-state index is 0.00549. The molecule has 0 spiro atoms. The van der Waals surface area contributed by atoms with E-state index in [9.17, 15) is 19.8 Å². The summed E-state index contributed by atoms with van der Waals surface area (Å²) in [5.74, 6) is -0.0227. The van der Waals surface area contributed by atoms with Gasteiger partial charge in [0, 0.05) is 12.8 Å². The highest BCUT2D eigenvalue weighted by Gasteiger charge is 2.20. The minimum Gasteiger partial charge on any atom is -0.466 e. The maximum absolute atomic E-state index is 12.6. The number of esters is 1. The van der Waals surface area contributed by atoms with Crippen LogP contribution in [0.5, 0.6) is 0 Å². The first-order chi connectivity index (χ1) is 42.0. The molecule has 85 heavy (non-hydrogen) atoms. The van der Waals surface area contributed by atoms with Gasteiger partial charge >= 0.3 is 5.97 Å². The van der Waals surface area contributed by atoms with Crippen LogP contribution in [0.25, 0.3) is 0 Å². The Morgan fingerprint density at radius 2 is 0.588 bits per heavy atom. The molecule has 2 unspecified atom stereocenters. The molecule has 0 aliphatic heterocycles. The van der Waals surface area contributed by atoms with Crippen LogP contribution in [0.4, 0.5) is 0 Å². The normalized spacial score (nSPS) is 12.7. The number of aliphatic hydroxyl groups excluding tert-OH is 2. The van der Waals surface area contributed by atoms with E-state index < -0.39 is 12.1 Å². The molecule has 502 valence electrons. The number of amides is 1. The first-order valence-corrected chi connectivity index (χ1v) is 38.7. The van der Waals surface area contributed by atoms with Crippen LogP contribution in [0, 0.1) is 0 Å². The second-order valence-electron chi connectivity index (χ2n) is 26.7. The summed E-state index contributed by atoms with van der Waals surface area (Å²) < 4.78 is 5.48. The molecule has 6 heteroatoms. The first kappa shape index (κ1) is 83.1. The van der Waals surface area contributed by atoms with Gasteiger partial charge in [0.25, 0.3) is 0 Å². The van der Waals surface area contributed by atoms with Crippen molar-refractivity contribution in [1.82, 2.24) is 5.32 Å². The van der Waals surface area contributed by atoms with Crippen molar-refractivity contribution >= 4 is 11.9 Å². The highest BCUT2D eigenvalue weighted by atomic mass is 16.5. The Hall–Kier alpha value is -1.92. The molecule has 0 radical (unpaired) electrons. The zero-order chi connectivity index (χ0) is 61.3. The number of rotatable bonds is 73. The van der Waals surface area contributed by atoms with Crippen LogP contribution in [-0.4, -0.2) is 47.4 Å². The molecule has 0 saturated carbocycles. The summed E-state index contributed by atoms with van der Waals surface area (Å²) in [6.07, 6.45) is 96.5. The van der Waals surface area contributed by atoms with E-state index in [4.69, 9.17) is 4.74 Å². The molecular formula is C79H151NO5. The average Bonchev–Trinajstić information content (AvgIpc) is 3.51. The van der Waals surface area contributed by atoms with Gasteiger partial charge in [0.15, 0.2) is 0 Å². The van der Waals surface area contributed by atoms with Crippen LogP contribution in [0.2, 0.25) is 0 Å². The van der Waals surface area contributed by atoms with Crippen LogP contribution < -0.4 is 5.32 Å². The lowest BCUT2D eigenvalue weighted by Gasteiger charge is -2.22. The van der Waals surface area contributed by atoms with Crippen LogP contribution in [0.3, 0.4) is 0 Å². The molecule has 1 amide bonds. The van der Waals surface area contributed by atoms with Crippen LogP contribution in [-0.2, 0) is 14.3 Å². The van der Waals surface area contributed by atoms with Crippen molar-refractivity contribution in [2.75, 3.05) is 13.2 Å². The Morgan fingerprint density at radius 3 is 0.918 bits per heavy atom. The van der Waals surface area contributed by atoms with Crippen molar-refractivity contribution < 1.29 is 24.5 Å². The SMILES string of the molecule is CCCCCC/C=C\CCCCCCCC(=O)OCCCCCCCCCCC/C=C\C/C=C\CCCCCCCCCCCCCCCCCCCC(=O)NC(CO)C(O)CCCCCCCCCCCCCCCCCCCCCCCC. The predicted octanol–water partition coefficient (Wildman–Crippen LogP) is 25.4. The summed E-state index contributed by atoms with van der Waals surface area (Å²) in [5.41, 5.74) is 0. The van der Waals surface area contributed by atoms with Crippen LogP contribution in [0.1, 0.15) is 431 Å². The summed E-state index contributed by atoms with van der Waals surface area (Å²) in [4.78, 5) is 24.6. The number of nitrogens with one attached hydrogen (secondary N) is 1. The fourth-order valence-corrected chi connectivity index (χ4v) is 12.3. The van der Waals surface area contributed by atoms with Crippen molar-refractivity contribution in [2.45, 2.75) is 443 Å². The predicted molar refractivity (Wildman–Crippen MR) is 375 cm³/mol. The Kier molecular flexibility index (Phi) is 72.9. The average molecular weight is 1200 g/mol. The van der Waals surface area contributed by atoms with E-state index in [1.807, 2.05) is 0 Å². The largest absolute Gasteiger partial charge is 0.466 e. The second kappa shape index (κ2) is 74.5. The zero-order valence-electron chi connectivity index (χ0n) is 57.6. The lowest BCUT2D eigenvalue weighted by molar-refractivity contribution is -0.143. The lowest BCUT2D eigenvalue weighted by Crippen LogP contribution is -2.45. The Balaban J connectivity index is 3.38. The van der Waals surface area contributed by atoms with Gasteiger partial charge in [0.05, 0.1) is 25.4 Å². The Labute approximate surface area is 532 Å². The Bertz CT molecular complexity index is 1380. The van der Waals surface area contributed by atoms with E-state index in [1.165, 1.54) is 347 Å². The van der Waals surface area contributed by atoms with Crippen molar-refractivity contribution in [3.8, 4) is 0 Å². The van der Waals surface area contributed by atoms with E-state index in [1.54, 1.807) is 0 Å². The topological polar surface area (TPSA) is 95.9 Å². The molecule has 0 aromatic rings. The van der Waals surface area contributed by atoms with Gasteiger partial charge < -0.3 is 20.3 Å². The molecule has 6 nitrogen and oxygen atoms in total. The third-order valence-corrected chi connectivity index (χ3v) is 18.2. The summed E-state index contributed by atoms with van der Waals surface area (Å²) in [6.45, 7) is 4.97. The van der Waals surface area contributed by atoms with E-state index >= 15 is 0 Å². The zero-order valence-corrected chi connectivity index (χ0v) is 57.6. The Morgan fingerprint density at radius 1 is 0.329 bits per heavy atom. The van der Waals surface area contributed by atoms with Gasteiger partial charge in [-0.1, -0.05) is 371 Å². The number of allylic oxidation sites excluding steroid dienone is 6. The molecule has 0 heterocycles. The number of hydrogen-bond acceptors (Lipinski definition) is 5. The maximum atomic E-state index is 12.6. The molecular weight excluding hydrogens is 1040 g/mol. The van der Waals surface area contributed by atoms with Gasteiger partial charge in [-0.25, -0.2) is 0 Å². The van der Waals surface area contributed by atoms with Gasteiger partial charge in [0.2, 0.25) is 5.91 Å². The van der Waals surface area contributed by atoms with Gasteiger partial charge in [0.1, 0.15) is 0 Å². The molecule has 0 aliphatic carbocycles. The number of unbranched alkanes of at least 4 members (excludes halogenated alkanes) is 56. The molecule has 0 rings (SSSR count). The molecule has 0 aromatic heterocycles. The van der Waals surface area contributed by atoms with E-state index in [2.05, 4.69) is 55.6 Å². The molecule has 2 atom stereocenters. The molecule has 0 aromatic carbocycles. The van der Waals surface area contributed by atoms with Gasteiger partial charge in [-0.05, 0) is 83.5 Å². The molecule has 0 aliphatic rings. The maximum Gasteiger partial charge on any atom is 0.305 e. The van der Waals surface area contributed by atoms with Crippen molar-refractivity contribution in [2.24, 2.45) is 0 Å². The molecule has 0 fully saturated rings. The van der Waals surface area contributed by atoms with Crippen molar-refractivity contribution in [3.63, 3.8) is 0 Å². The highest BCUT2D eigenvalue weighted by Crippen LogP contribution is 2.19.